The van der Waals surface area contributed by atoms with Crippen LogP contribution in [0.3, 0.4) is 0 Å². The van der Waals surface area contributed by atoms with Crippen LogP contribution in [0.2, 0.25) is 0 Å². The Balaban J connectivity index is 3.60. The topological polar surface area (TPSA) is 83.5 Å². The van der Waals surface area contributed by atoms with E-state index in [4.69, 9.17) is 0 Å². The third-order valence-corrected chi connectivity index (χ3v) is 7.20. The molecule has 0 heterocycles. The van der Waals surface area contributed by atoms with Crippen LogP contribution in [0.5, 0.6) is 0 Å². The van der Waals surface area contributed by atoms with Crippen LogP contribution in [0.25, 0.3) is 0 Å². The van der Waals surface area contributed by atoms with Gasteiger partial charge in [-0.3, -0.25) is 9.35 Å². The third-order valence-electron chi connectivity index (χ3n) is 6.19. The number of hydrogen-bond donors (Lipinski definition) is 2. The molecule has 0 aliphatic rings. The Hall–Kier alpha value is -0.880. The average molecular weight is 474 g/mol. The summed E-state index contributed by atoms with van der Waals surface area (Å²) in [4.78, 5) is 11.6. The van der Waals surface area contributed by atoms with E-state index in [0.29, 0.717) is 6.42 Å². The van der Waals surface area contributed by atoms with E-state index in [-0.39, 0.29) is 0 Å². The Bertz CT molecular complexity index is 576. The molecule has 0 spiro atoms. The highest BCUT2D eigenvalue weighted by molar-refractivity contribution is 7.85. The number of carbonyl (C=O) groups is 1. The summed E-state index contributed by atoms with van der Waals surface area (Å²) in [6.07, 6.45) is 25.0. The minimum absolute atomic E-state index is 0.418. The van der Waals surface area contributed by atoms with Gasteiger partial charge >= 0.3 is 0 Å². The standard InChI is InChI=1S/C26H51NO4S/c1-4-6-7-8-9-10-11-12-13-14-15-16-17-18-19-20-21-22-23-26(3,24-32(29,30)31)27-25(28)5-2/h5H,2,4,6-24H2,1,3H3,(H,27,28)(H,29,30,31). The Labute approximate surface area is 199 Å². The predicted molar refractivity (Wildman–Crippen MR) is 137 cm³/mol. The molecular weight excluding hydrogens is 422 g/mol. The van der Waals surface area contributed by atoms with Crippen molar-refractivity contribution in [3.63, 3.8) is 0 Å². The third kappa shape index (κ3) is 21.0. The van der Waals surface area contributed by atoms with Gasteiger partial charge in [-0.05, 0) is 19.4 Å². The summed E-state index contributed by atoms with van der Waals surface area (Å²) < 4.78 is 31.8. The maximum Gasteiger partial charge on any atom is 0.267 e. The van der Waals surface area contributed by atoms with Crippen LogP contribution in [0.1, 0.15) is 136 Å². The van der Waals surface area contributed by atoms with E-state index in [1.54, 1.807) is 6.92 Å². The fraction of sp³-hybridized carbons (Fsp3) is 0.885. The van der Waals surface area contributed by atoms with Gasteiger partial charge in [-0.1, -0.05) is 129 Å². The molecule has 190 valence electrons. The molecule has 6 heteroatoms. The Kier molecular flexibility index (Phi) is 19.0. The van der Waals surface area contributed by atoms with Crippen molar-refractivity contribution in [3.05, 3.63) is 12.7 Å². The lowest BCUT2D eigenvalue weighted by molar-refractivity contribution is -0.118. The van der Waals surface area contributed by atoms with E-state index in [2.05, 4.69) is 18.8 Å². The van der Waals surface area contributed by atoms with Crippen molar-refractivity contribution in [3.8, 4) is 0 Å². The highest BCUT2D eigenvalue weighted by Crippen LogP contribution is 2.19. The van der Waals surface area contributed by atoms with Gasteiger partial charge in [-0.15, -0.1) is 0 Å². The van der Waals surface area contributed by atoms with E-state index < -0.39 is 27.3 Å². The minimum Gasteiger partial charge on any atom is -0.346 e. The number of unbranched alkanes of at least 4 members (excludes halogenated alkanes) is 17. The summed E-state index contributed by atoms with van der Waals surface area (Å²) >= 11 is 0. The fourth-order valence-corrected chi connectivity index (χ4v) is 5.36. The number of rotatable bonds is 23. The predicted octanol–water partition coefficient (Wildman–Crippen LogP) is 7.37. The maximum absolute atomic E-state index is 11.6. The van der Waals surface area contributed by atoms with Gasteiger partial charge < -0.3 is 5.32 Å². The molecule has 1 unspecified atom stereocenters. The van der Waals surface area contributed by atoms with Gasteiger partial charge in [-0.25, -0.2) is 0 Å². The molecule has 0 aromatic rings. The van der Waals surface area contributed by atoms with E-state index in [0.717, 1.165) is 25.3 Å². The van der Waals surface area contributed by atoms with Crippen molar-refractivity contribution in [2.45, 2.75) is 141 Å². The van der Waals surface area contributed by atoms with Crippen molar-refractivity contribution >= 4 is 16.0 Å². The van der Waals surface area contributed by atoms with Crippen molar-refractivity contribution in [2.75, 3.05) is 5.75 Å². The smallest absolute Gasteiger partial charge is 0.267 e. The number of hydrogen-bond acceptors (Lipinski definition) is 3. The number of carbonyl (C=O) groups excluding carboxylic acids is 1. The van der Waals surface area contributed by atoms with Gasteiger partial charge in [-0.2, -0.15) is 8.42 Å². The Morgan fingerprint density at radius 3 is 1.44 bits per heavy atom. The van der Waals surface area contributed by atoms with Crippen LogP contribution in [0, 0.1) is 0 Å². The van der Waals surface area contributed by atoms with Gasteiger partial charge in [0.05, 0.1) is 11.3 Å². The summed E-state index contributed by atoms with van der Waals surface area (Å²) in [5.74, 6) is -0.892. The van der Waals surface area contributed by atoms with Crippen molar-refractivity contribution in [2.24, 2.45) is 0 Å². The highest BCUT2D eigenvalue weighted by Gasteiger charge is 2.30. The SMILES string of the molecule is C=CC(=O)NC(C)(CCCCCCCCCCCCCCCCCCCC)CS(=O)(=O)O. The summed E-state index contributed by atoms with van der Waals surface area (Å²) in [6, 6.07) is 0. The summed E-state index contributed by atoms with van der Waals surface area (Å²) in [5.41, 5.74) is -0.964. The molecule has 2 N–H and O–H groups in total. The van der Waals surface area contributed by atoms with Crippen LogP contribution in [-0.4, -0.2) is 30.2 Å². The second-order valence-corrected chi connectivity index (χ2v) is 11.2. The van der Waals surface area contributed by atoms with Crippen molar-refractivity contribution in [1.82, 2.24) is 5.32 Å². The molecule has 0 bridgehead atoms. The van der Waals surface area contributed by atoms with Crippen molar-refractivity contribution in [1.29, 1.82) is 0 Å². The zero-order chi connectivity index (χ0) is 24.1. The lowest BCUT2D eigenvalue weighted by Crippen LogP contribution is -2.50. The van der Waals surface area contributed by atoms with Gasteiger partial charge in [0.15, 0.2) is 0 Å². The molecule has 1 atom stereocenters. The minimum atomic E-state index is -4.16. The van der Waals surface area contributed by atoms with E-state index >= 15 is 0 Å². The molecule has 1 amide bonds. The zero-order valence-corrected chi connectivity index (χ0v) is 21.8. The first-order valence-corrected chi connectivity index (χ1v) is 14.7. The molecule has 0 aromatic carbocycles. The molecular formula is C26H51NO4S. The first kappa shape index (κ1) is 31.1. The Morgan fingerprint density at radius 2 is 1.12 bits per heavy atom. The molecule has 5 nitrogen and oxygen atoms in total. The summed E-state index contributed by atoms with van der Waals surface area (Å²) in [5, 5.41) is 2.66. The van der Waals surface area contributed by atoms with Gasteiger partial charge in [0.2, 0.25) is 5.91 Å². The lowest BCUT2D eigenvalue weighted by atomic mass is 9.95. The van der Waals surface area contributed by atoms with Crippen LogP contribution >= 0.6 is 0 Å². The normalized spacial score (nSPS) is 13.6. The van der Waals surface area contributed by atoms with Crippen LogP contribution in [0.15, 0.2) is 12.7 Å². The zero-order valence-electron chi connectivity index (χ0n) is 21.0. The molecule has 0 rings (SSSR count). The monoisotopic (exact) mass is 473 g/mol. The van der Waals surface area contributed by atoms with E-state index in [1.807, 2.05) is 0 Å². The maximum atomic E-state index is 11.6. The molecule has 0 aromatic heterocycles. The largest absolute Gasteiger partial charge is 0.346 e. The fourth-order valence-electron chi connectivity index (χ4n) is 4.34. The highest BCUT2D eigenvalue weighted by atomic mass is 32.2. The summed E-state index contributed by atoms with van der Waals surface area (Å²) in [7, 11) is -4.16. The number of nitrogens with one attached hydrogen (secondary N) is 1. The van der Waals surface area contributed by atoms with Gasteiger partial charge in [0, 0.05) is 0 Å². The van der Waals surface area contributed by atoms with Gasteiger partial charge in [0.25, 0.3) is 10.1 Å². The number of amides is 1. The molecule has 0 fully saturated rings. The van der Waals surface area contributed by atoms with Crippen LogP contribution in [-0.2, 0) is 14.9 Å². The van der Waals surface area contributed by atoms with E-state index in [1.165, 1.54) is 96.3 Å². The van der Waals surface area contributed by atoms with Gasteiger partial charge in [0.1, 0.15) is 0 Å². The quantitative estimate of drug-likeness (QED) is 0.0922. The first-order valence-electron chi connectivity index (χ1n) is 13.1. The van der Waals surface area contributed by atoms with Crippen LogP contribution < -0.4 is 5.32 Å². The summed E-state index contributed by atoms with van der Waals surface area (Å²) in [6.45, 7) is 7.33. The molecule has 0 radical (unpaired) electrons. The molecule has 32 heavy (non-hydrogen) atoms. The van der Waals surface area contributed by atoms with Crippen molar-refractivity contribution < 1.29 is 17.8 Å². The molecule has 0 aliphatic carbocycles. The average Bonchev–Trinajstić information content (AvgIpc) is 2.71. The van der Waals surface area contributed by atoms with E-state index in [9.17, 15) is 17.8 Å². The molecule has 0 saturated carbocycles. The Morgan fingerprint density at radius 1 is 0.781 bits per heavy atom. The van der Waals surface area contributed by atoms with Crippen LogP contribution in [0.4, 0.5) is 0 Å². The lowest BCUT2D eigenvalue weighted by Gasteiger charge is -2.29. The second-order valence-electron chi connectivity index (χ2n) is 9.74. The molecule has 0 aliphatic heterocycles. The molecule has 0 saturated heterocycles. The first-order chi connectivity index (χ1) is 15.2. The second kappa shape index (κ2) is 19.6.